The number of carbonyl (C=O) groups is 1. The molecule has 1 atom stereocenters. The number of nitrogens with zero attached hydrogens (tertiary/aromatic N) is 4. The summed E-state index contributed by atoms with van der Waals surface area (Å²) in [7, 11) is 0. The Bertz CT molecular complexity index is 948. The third-order valence-corrected chi connectivity index (χ3v) is 5.92. The molecule has 0 spiro atoms. The molecule has 2 aliphatic heterocycles. The topological polar surface area (TPSA) is 105 Å². The van der Waals surface area contributed by atoms with Crippen LogP contribution >= 0.6 is 0 Å². The summed E-state index contributed by atoms with van der Waals surface area (Å²) in [6.07, 6.45) is -0.324. The molecule has 0 aliphatic carbocycles. The number of benzene rings is 1. The van der Waals surface area contributed by atoms with Crippen LogP contribution in [0.5, 0.6) is 0 Å². The average molecular weight is 459 g/mol. The number of carbonyl (C=O) groups excluding carboxylic acids is 1. The second-order valence-corrected chi connectivity index (χ2v) is 8.94. The molecule has 2 aliphatic rings. The zero-order valence-electron chi connectivity index (χ0n) is 19.9. The van der Waals surface area contributed by atoms with Crippen molar-refractivity contribution in [1.82, 2.24) is 25.3 Å². The van der Waals surface area contributed by atoms with Crippen molar-refractivity contribution in [3.05, 3.63) is 34.7 Å². The summed E-state index contributed by atoms with van der Waals surface area (Å²) in [6, 6.07) is 4.59. The molecule has 2 fully saturated rings. The van der Waals surface area contributed by atoms with E-state index in [1.807, 2.05) is 13.8 Å². The molecule has 4 rings (SSSR count). The SMILES string of the molecule is Cc1cc(CN2CCN(C(=O)OC(C)C)CC2)c(C)c(Nc2nnc(C3COCCN3)o2)c1. The number of morpholine rings is 1. The van der Waals surface area contributed by atoms with Gasteiger partial charge in [-0.1, -0.05) is 11.2 Å². The molecule has 2 N–H and O–H groups in total. The molecule has 0 radical (unpaired) electrons. The minimum atomic E-state index is -0.225. The van der Waals surface area contributed by atoms with Gasteiger partial charge in [0.1, 0.15) is 6.04 Å². The maximum atomic E-state index is 12.1. The first kappa shape index (κ1) is 23.5. The minimum absolute atomic E-state index is 0.0764. The normalized spacial score (nSPS) is 19.7. The Morgan fingerprint density at radius 2 is 2.03 bits per heavy atom. The number of nitrogens with one attached hydrogen (secondary N) is 2. The van der Waals surface area contributed by atoms with Crippen molar-refractivity contribution in [3.8, 4) is 0 Å². The number of piperazine rings is 1. The van der Waals surface area contributed by atoms with Crippen LogP contribution in [0.2, 0.25) is 0 Å². The lowest BCUT2D eigenvalue weighted by atomic mass is 10.0. The van der Waals surface area contributed by atoms with E-state index in [1.54, 1.807) is 4.90 Å². The molecule has 10 nitrogen and oxygen atoms in total. The van der Waals surface area contributed by atoms with E-state index in [0.29, 0.717) is 38.2 Å². The molecule has 0 bridgehead atoms. The molecular formula is C23H34N6O4. The highest BCUT2D eigenvalue weighted by atomic mass is 16.6. The maximum Gasteiger partial charge on any atom is 0.410 e. The highest BCUT2D eigenvalue weighted by Gasteiger charge is 2.24. The van der Waals surface area contributed by atoms with Crippen molar-refractivity contribution in [2.24, 2.45) is 0 Å². The Balaban J connectivity index is 1.38. The summed E-state index contributed by atoms with van der Waals surface area (Å²) < 4.78 is 16.6. The highest BCUT2D eigenvalue weighted by Crippen LogP contribution is 2.27. The first-order chi connectivity index (χ1) is 15.9. The van der Waals surface area contributed by atoms with E-state index in [0.717, 1.165) is 43.0 Å². The summed E-state index contributed by atoms with van der Waals surface area (Å²) >= 11 is 0. The molecule has 2 saturated heterocycles. The Morgan fingerprint density at radius 1 is 1.24 bits per heavy atom. The van der Waals surface area contributed by atoms with Gasteiger partial charge < -0.3 is 29.4 Å². The molecule has 1 unspecified atom stereocenters. The van der Waals surface area contributed by atoms with Crippen LogP contribution in [-0.2, 0) is 16.0 Å². The fraction of sp³-hybridized carbons (Fsp3) is 0.609. The summed E-state index contributed by atoms with van der Waals surface area (Å²) in [5.41, 5.74) is 4.48. The van der Waals surface area contributed by atoms with Crippen LogP contribution in [-0.4, -0.2) is 78.1 Å². The van der Waals surface area contributed by atoms with Gasteiger partial charge in [-0.3, -0.25) is 4.90 Å². The Morgan fingerprint density at radius 3 is 2.73 bits per heavy atom. The number of anilines is 2. The first-order valence-electron chi connectivity index (χ1n) is 11.6. The zero-order chi connectivity index (χ0) is 23.4. The lowest BCUT2D eigenvalue weighted by Crippen LogP contribution is -2.48. The van der Waals surface area contributed by atoms with Crippen LogP contribution in [0.25, 0.3) is 0 Å². The highest BCUT2D eigenvalue weighted by molar-refractivity contribution is 5.68. The molecule has 1 aromatic heterocycles. The Labute approximate surface area is 194 Å². The number of aromatic nitrogens is 2. The second kappa shape index (κ2) is 10.5. The molecule has 33 heavy (non-hydrogen) atoms. The van der Waals surface area contributed by atoms with E-state index in [-0.39, 0.29) is 18.2 Å². The standard InChI is InChI=1S/C23H34N6O4/c1-15(2)32-23(30)29-8-6-28(7-9-29)13-18-11-16(3)12-19(17(18)4)25-22-27-26-21(33-22)20-14-31-10-5-24-20/h11-12,15,20,24H,5-10,13-14H2,1-4H3,(H,25,27). The fourth-order valence-electron chi connectivity index (χ4n) is 4.10. The van der Waals surface area contributed by atoms with E-state index in [1.165, 1.54) is 5.56 Å². The third kappa shape index (κ3) is 6.01. The van der Waals surface area contributed by atoms with E-state index in [4.69, 9.17) is 13.9 Å². The van der Waals surface area contributed by atoms with Crippen LogP contribution in [0.4, 0.5) is 16.5 Å². The van der Waals surface area contributed by atoms with Crippen LogP contribution in [0, 0.1) is 13.8 Å². The summed E-state index contributed by atoms with van der Waals surface area (Å²) in [6.45, 7) is 13.7. The lowest BCUT2D eigenvalue weighted by Gasteiger charge is -2.34. The van der Waals surface area contributed by atoms with Crippen LogP contribution < -0.4 is 10.6 Å². The van der Waals surface area contributed by atoms with Crippen LogP contribution in [0.15, 0.2) is 16.5 Å². The van der Waals surface area contributed by atoms with Crippen molar-refractivity contribution in [1.29, 1.82) is 0 Å². The van der Waals surface area contributed by atoms with Gasteiger partial charge in [-0.25, -0.2) is 4.79 Å². The number of amides is 1. The average Bonchev–Trinajstić information content (AvgIpc) is 3.26. The van der Waals surface area contributed by atoms with Gasteiger partial charge in [-0.15, -0.1) is 5.10 Å². The van der Waals surface area contributed by atoms with Gasteiger partial charge in [0.15, 0.2) is 0 Å². The summed E-state index contributed by atoms with van der Waals surface area (Å²) in [5.74, 6) is 0.525. The van der Waals surface area contributed by atoms with Gasteiger partial charge in [0, 0.05) is 45.0 Å². The largest absolute Gasteiger partial charge is 0.447 e. The van der Waals surface area contributed by atoms with Crippen molar-refractivity contribution in [2.45, 2.75) is 46.4 Å². The zero-order valence-corrected chi connectivity index (χ0v) is 19.9. The van der Waals surface area contributed by atoms with E-state index in [2.05, 4.69) is 51.7 Å². The van der Waals surface area contributed by atoms with Gasteiger partial charge in [-0.05, 0) is 50.5 Å². The molecular weight excluding hydrogens is 424 g/mol. The number of aryl methyl sites for hydroxylation is 1. The number of rotatable bonds is 6. The number of ether oxygens (including phenoxy) is 2. The third-order valence-electron chi connectivity index (χ3n) is 5.92. The van der Waals surface area contributed by atoms with E-state index >= 15 is 0 Å². The predicted octanol–water partition coefficient (Wildman–Crippen LogP) is 2.75. The minimum Gasteiger partial charge on any atom is -0.447 e. The monoisotopic (exact) mass is 458 g/mol. The number of hydrogen-bond donors (Lipinski definition) is 2. The predicted molar refractivity (Wildman–Crippen MR) is 124 cm³/mol. The Hall–Kier alpha value is -2.69. The lowest BCUT2D eigenvalue weighted by molar-refractivity contribution is 0.0559. The molecule has 10 heteroatoms. The smallest absolute Gasteiger partial charge is 0.410 e. The summed E-state index contributed by atoms with van der Waals surface area (Å²) in [4.78, 5) is 16.3. The van der Waals surface area contributed by atoms with Gasteiger partial charge >= 0.3 is 12.1 Å². The second-order valence-electron chi connectivity index (χ2n) is 8.94. The first-order valence-corrected chi connectivity index (χ1v) is 11.6. The molecule has 180 valence electrons. The van der Waals surface area contributed by atoms with Crippen molar-refractivity contribution >= 4 is 17.8 Å². The van der Waals surface area contributed by atoms with Crippen LogP contribution in [0.3, 0.4) is 0 Å². The van der Waals surface area contributed by atoms with E-state index < -0.39 is 0 Å². The van der Waals surface area contributed by atoms with Gasteiger partial charge in [0.05, 0.1) is 19.3 Å². The molecule has 2 aromatic rings. The maximum absolute atomic E-state index is 12.1. The van der Waals surface area contributed by atoms with Crippen molar-refractivity contribution in [3.63, 3.8) is 0 Å². The molecule has 0 saturated carbocycles. The number of hydrogen-bond acceptors (Lipinski definition) is 9. The Kier molecular flexibility index (Phi) is 7.46. The molecule has 3 heterocycles. The summed E-state index contributed by atoms with van der Waals surface area (Å²) in [5, 5.41) is 14.9. The fourth-order valence-corrected chi connectivity index (χ4v) is 4.10. The quantitative estimate of drug-likeness (QED) is 0.676. The van der Waals surface area contributed by atoms with E-state index in [9.17, 15) is 4.79 Å². The van der Waals surface area contributed by atoms with Gasteiger partial charge in [0.2, 0.25) is 5.89 Å². The van der Waals surface area contributed by atoms with Crippen molar-refractivity contribution in [2.75, 3.05) is 51.3 Å². The van der Waals surface area contributed by atoms with Gasteiger partial charge in [0.25, 0.3) is 0 Å². The molecule has 1 aromatic carbocycles. The van der Waals surface area contributed by atoms with Crippen molar-refractivity contribution < 1.29 is 18.7 Å². The molecule has 1 amide bonds. The van der Waals surface area contributed by atoms with Gasteiger partial charge in [-0.2, -0.15) is 0 Å². The van der Waals surface area contributed by atoms with Crippen LogP contribution in [0.1, 0.15) is 42.5 Å².